The van der Waals surface area contributed by atoms with E-state index in [-0.39, 0.29) is 42.8 Å². The number of esters is 1. The van der Waals surface area contributed by atoms with Crippen molar-refractivity contribution in [3.63, 3.8) is 0 Å². The number of carbonyl (C=O) groups is 3. The molecule has 5 aliphatic heterocycles. The van der Waals surface area contributed by atoms with Crippen molar-refractivity contribution in [1.82, 2.24) is 15.0 Å². The molecule has 16 nitrogen and oxygen atoms in total. The highest BCUT2D eigenvalue weighted by atomic mass is 16.8. The third kappa shape index (κ3) is 9.84. The van der Waals surface area contributed by atoms with Crippen molar-refractivity contribution in [3.05, 3.63) is 24.0 Å². The van der Waals surface area contributed by atoms with Gasteiger partial charge in [0.15, 0.2) is 11.9 Å². The van der Waals surface area contributed by atoms with Crippen LogP contribution in [-0.4, -0.2) is 119 Å². The average Bonchev–Trinajstić information content (AvgIpc) is 3.85. The molecule has 4 saturated heterocycles. The minimum absolute atomic E-state index is 0.0649. The Hall–Kier alpha value is -2.83. The third-order valence-electron chi connectivity index (χ3n) is 15.7. The highest BCUT2D eigenvalue weighted by molar-refractivity contribution is 5.84. The fourth-order valence-electron chi connectivity index (χ4n) is 11.4. The monoisotopic (exact) mass is 890 g/mol. The van der Waals surface area contributed by atoms with Crippen LogP contribution in [0.15, 0.2) is 18.3 Å². The van der Waals surface area contributed by atoms with E-state index in [2.05, 4.69) is 24.2 Å². The molecule has 356 valence electrons. The summed E-state index contributed by atoms with van der Waals surface area (Å²) >= 11 is 0. The van der Waals surface area contributed by atoms with Crippen molar-refractivity contribution in [2.75, 3.05) is 0 Å². The second kappa shape index (κ2) is 19.6. The molecule has 1 aromatic heterocycles. The van der Waals surface area contributed by atoms with Gasteiger partial charge in [-0.2, -0.15) is 0 Å². The van der Waals surface area contributed by atoms with E-state index < -0.39 is 95.0 Å². The molecule has 0 unspecified atom stereocenters. The molecule has 18 atom stereocenters. The van der Waals surface area contributed by atoms with E-state index in [0.29, 0.717) is 63.5 Å². The van der Waals surface area contributed by atoms with Crippen LogP contribution in [0.5, 0.6) is 0 Å². The number of carbonyl (C=O) groups excluding carboxylic acids is 2. The van der Waals surface area contributed by atoms with Gasteiger partial charge in [-0.15, -0.1) is 5.10 Å². The number of hydrogen-bond acceptors (Lipinski definition) is 14. The van der Waals surface area contributed by atoms with Gasteiger partial charge in [0.05, 0.1) is 66.5 Å². The standard InChI is InChI=1S/C47H75N3O13/c1-11-33(43(55)56)35-15-14-26(4)41(59-35)30(8)39(53)29(7)40(54)34(12-2)42-27(5)22-28(6)46(61-42)19-17-37(60-38(52)24-50-23-32(25-51)48-49-50)47(63-46)21-20-44(10,62-47)36-16-18-45(57,13-3)31(9)58-36/h17,19,23,26-31,33-37,39,41-42,51,53,57H,11-16,18,20-22,24-25H2,1-10H3,(H,55,56)/t26-,27-,28+,29-,30-,31-,33+,34-,35+,36+,37+,39+,41+,42-,44-,45+,46-,47-/m0/s1. The molecule has 1 aromatic rings. The second-order valence-electron chi connectivity index (χ2n) is 19.9. The highest BCUT2D eigenvalue weighted by Crippen LogP contribution is 2.54. The van der Waals surface area contributed by atoms with Crippen LogP contribution in [0, 0.1) is 41.4 Å². The predicted molar refractivity (Wildman–Crippen MR) is 228 cm³/mol. The van der Waals surface area contributed by atoms with Crippen molar-refractivity contribution in [2.45, 2.75) is 212 Å². The number of carboxylic acid groups (broad SMARTS) is 1. The Labute approximate surface area is 372 Å². The maximum Gasteiger partial charge on any atom is 0.328 e. The lowest BCUT2D eigenvalue weighted by atomic mass is 9.72. The second-order valence-corrected chi connectivity index (χ2v) is 19.9. The summed E-state index contributed by atoms with van der Waals surface area (Å²) in [6.07, 6.45) is 6.04. The first-order valence-electron chi connectivity index (χ1n) is 23.6. The largest absolute Gasteiger partial charge is 0.481 e. The normalized spacial score (nSPS) is 40.6. The molecule has 6 heterocycles. The smallest absolute Gasteiger partial charge is 0.328 e. The van der Waals surface area contributed by atoms with E-state index in [1.165, 1.54) is 10.9 Å². The number of ketones is 1. The molecule has 2 spiro atoms. The van der Waals surface area contributed by atoms with Crippen LogP contribution in [0.25, 0.3) is 0 Å². The van der Waals surface area contributed by atoms with E-state index in [1.807, 2.05) is 48.5 Å². The van der Waals surface area contributed by atoms with Crippen LogP contribution >= 0.6 is 0 Å². The molecule has 63 heavy (non-hydrogen) atoms. The SMILES string of the molecule is CC[C@@H](C(=O)[C@@H](C)[C@@H](O)[C@H](C)[C@@H]1O[C@@H]([C@@H](CC)C(=O)O)CC[C@@H]1C)[C@H]1O[C@]2(C=C[C@@H](OC(=O)Cn3cc(CO)nn3)[C@]3(CC[C@@](C)([C@H]4CC[C@](O)(CC)[C@H](C)O4)O3)O2)[C@H](C)C[C@@H]1C. The zero-order valence-corrected chi connectivity index (χ0v) is 39.1. The minimum Gasteiger partial charge on any atom is -0.481 e. The van der Waals surface area contributed by atoms with Crippen molar-refractivity contribution in [2.24, 2.45) is 41.4 Å². The third-order valence-corrected chi connectivity index (χ3v) is 15.7. The topological polar surface area (TPSA) is 218 Å². The maximum absolute atomic E-state index is 14.7. The molecule has 0 radical (unpaired) electrons. The summed E-state index contributed by atoms with van der Waals surface area (Å²) in [5, 5.41) is 50.2. The Kier molecular flexibility index (Phi) is 15.4. The molecular weight excluding hydrogens is 815 g/mol. The van der Waals surface area contributed by atoms with Crippen LogP contribution in [0.1, 0.15) is 139 Å². The van der Waals surface area contributed by atoms with Crippen LogP contribution in [0.2, 0.25) is 0 Å². The lowest BCUT2D eigenvalue weighted by molar-refractivity contribution is -0.409. The molecule has 6 rings (SSSR count). The molecule has 16 heteroatoms. The number of Topliss-reactive ketones (excluding diaryl/α,β-unsaturated/α-hetero) is 1. The number of aromatic nitrogens is 3. The fourth-order valence-corrected chi connectivity index (χ4v) is 11.4. The van der Waals surface area contributed by atoms with Gasteiger partial charge in [-0.05, 0) is 95.6 Å². The van der Waals surface area contributed by atoms with E-state index >= 15 is 0 Å². The van der Waals surface area contributed by atoms with E-state index in [1.54, 1.807) is 19.1 Å². The number of nitrogens with zero attached hydrogens (tertiary/aromatic N) is 3. The summed E-state index contributed by atoms with van der Waals surface area (Å²) in [5.74, 6) is -7.19. The zero-order chi connectivity index (χ0) is 46.2. The minimum atomic E-state index is -1.51. The Bertz CT molecular complexity index is 1790. The Morgan fingerprint density at radius 2 is 1.67 bits per heavy atom. The number of aliphatic hydroxyl groups excluding tert-OH is 2. The van der Waals surface area contributed by atoms with Crippen LogP contribution < -0.4 is 0 Å². The van der Waals surface area contributed by atoms with Crippen LogP contribution in [0.3, 0.4) is 0 Å². The van der Waals surface area contributed by atoms with Gasteiger partial charge in [-0.1, -0.05) is 60.6 Å². The van der Waals surface area contributed by atoms with Gasteiger partial charge in [-0.3, -0.25) is 14.4 Å². The molecule has 5 aliphatic rings. The van der Waals surface area contributed by atoms with Crippen LogP contribution in [-0.2, 0) is 56.0 Å². The number of hydrogen-bond donors (Lipinski definition) is 4. The molecule has 4 fully saturated rings. The molecule has 0 amide bonds. The summed E-state index contributed by atoms with van der Waals surface area (Å²) in [5.41, 5.74) is -1.53. The van der Waals surface area contributed by atoms with Crippen molar-refractivity contribution >= 4 is 17.7 Å². The lowest BCUT2D eigenvalue weighted by Crippen LogP contribution is -2.63. The van der Waals surface area contributed by atoms with Crippen molar-refractivity contribution < 1.29 is 63.2 Å². The van der Waals surface area contributed by atoms with E-state index in [0.717, 1.165) is 6.42 Å². The summed E-state index contributed by atoms with van der Waals surface area (Å²) in [6.45, 7) is 18.8. The number of carboxylic acids is 1. The van der Waals surface area contributed by atoms with Crippen LogP contribution in [0.4, 0.5) is 0 Å². The Morgan fingerprint density at radius 3 is 2.29 bits per heavy atom. The summed E-state index contributed by atoms with van der Waals surface area (Å²) < 4.78 is 41.8. The molecular formula is C47H75N3O13. The number of aliphatic carboxylic acids is 1. The first-order chi connectivity index (χ1) is 29.7. The van der Waals surface area contributed by atoms with Gasteiger partial charge in [-0.25, -0.2) is 4.68 Å². The number of aliphatic hydroxyl groups is 3. The summed E-state index contributed by atoms with van der Waals surface area (Å²) in [6, 6.07) is 0. The number of rotatable bonds is 16. The van der Waals surface area contributed by atoms with Gasteiger partial charge in [0.25, 0.3) is 0 Å². The molecule has 0 saturated carbocycles. The average molecular weight is 890 g/mol. The maximum atomic E-state index is 14.7. The van der Waals surface area contributed by atoms with Gasteiger partial charge >= 0.3 is 11.9 Å². The van der Waals surface area contributed by atoms with Crippen molar-refractivity contribution in [1.29, 1.82) is 0 Å². The van der Waals surface area contributed by atoms with E-state index in [4.69, 9.17) is 28.4 Å². The van der Waals surface area contributed by atoms with Gasteiger partial charge in [0.1, 0.15) is 18.0 Å². The van der Waals surface area contributed by atoms with E-state index in [9.17, 15) is 34.8 Å². The molecule has 0 aromatic carbocycles. The molecule has 4 N–H and O–H groups in total. The van der Waals surface area contributed by atoms with Gasteiger partial charge in [0, 0.05) is 30.1 Å². The summed E-state index contributed by atoms with van der Waals surface area (Å²) in [4.78, 5) is 40.2. The zero-order valence-electron chi connectivity index (χ0n) is 39.1. The first kappa shape index (κ1) is 49.6. The quantitative estimate of drug-likeness (QED) is 0.119. The first-order valence-corrected chi connectivity index (χ1v) is 23.6. The molecule has 0 bridgehead atoms. The summed E-state index contributed by atoms with van der Waals surface area (Å²) in [7, 11) is 0. The lowest BCUT2D eigenvalue weighted by Gasteiger charge is -2.54. The molecule has 0 aliphatic carbocycles. The van der Waals surface area contributed by atoms with Gasteiger partial charge in [0.2, 0.25) is 5.79 Å². The van der Waals surface area contributed by atoms with Crippen molar-refractivity contribution in [3.8, 4) is 0 Å². The highest BCUT2D eigenvalue weighted by Gasteiger charge is 2.64. The fraction of sp³-hybridized carbons (Fsp3) is 0.851. The predicted octanol–water partition coefficient (Wildman–Crippen LogP) is 5.52. The van der Waals surface area contributed by atoms with Gasteiger partial charge < -0.3 is 48.8 Å². The Morgan fingerprint density at radius 1 is 0.952 bits per heavy atom. The number of ether oxygens (including phenoxy) is 6. The Balaban J connectivity index is 1.24.